The average Bonchev–Trinajstić information content (AvgIpc) is 1.61. The number of rotatable bonds is 2. The van der Waals surface area contributed by atoms with Crippen LogP contribution in [0, 0.1) is 0 Å². The largest absolute Gasteiger partial charge is 0.478 e. The minimum Gasteiger partial charge on any atom is -0.478 e. The Morgan fingerprint density at radius 2 is 1.22 bits per heavy atom. The Morgan fingerprint density at radius 3 is 1.33 bits per heavy atom. The van der Waals surface area contributed by atoms with E-state index in [1.165, 1.54) is 0 Å². The normalized spacial score (nSPS) is 8.44. The number of hydrogen-bond acceptors (Lipinski definition) is 2. The number of hydrogen-bond donors (Lipinski definition) is 2. The third kappa shape index (κ3) is 11.0. The van der Waals surface area contributed by atoms with Gasteiger partial charge in [-0.1, -0.05) is 0 Å². The molecule has 52 valence electrons. The highest BCUT2D eigenvalue weighted by Gasteiger charge is 1.88. The van der Waals surface area contributed by atoms with Gasteiger partial charge in [0.2, 0.25) is 0 Å². The molecule has 0 amide bonds. The highest BCUT2D eigenvalue weighted by molar-refractivity contribution is 8.93. The molecule has 9 heavy (non-hydrogen) atoms. The molecule has 0 aliphatic carbocycles. The molecule has 2 N–H and O–H groups in total. The van der Waals surface area contributed by atoms with E-state index in [4.69, 9.17) is 10.2 Å². The standard InChI is InChI=1S/C4H4O4.BrH/c5-3(6)1-2-4(7)8;/h1-2H,(H,5,6)(H,7,8);1H. The zero-order valence-corrected chi connectivity index (χ0v) is 5.99. The molecule has 0 aliphatic rings. The van der Waals surface area contributed by atoms with E-state index in [0.29, 0.717) is 12.2 Å². The van der Waals surface area contributed by atoms with Crippen LogP contribution in [0.2, 0.25) is 0 Å². The molecule has 0 aromatic rings. The van der Waals surface area contributed by atoms with Crippen molar-refractivity contribution in [2.75, 3.05) is 0 Å². The maximum Gasteiger partial charge on any atom is 0.328 e. The van der Waals surface area contributed by atoms with E-state index in [2.05, 4.69) is 0 Å². The van der Waals surface area contributed by atoms with Crippen molar-refractivity contribution < 1.29 is 19.8 Å². The highest BCUT2D eigenvalue weighted by atomic mass is 79.9. The van der Waals surface area contributed by atoms with Gasteiger partial charge in [0.05, 0.1) is 0 Å². The molecule has 0 bridgehead atoms. The number of carbonyl (C=O) groups is 2. The van der Waals surface area contributed by atoms with Crippen LogP contribution in [0.4, 0.5) is 0 Å². The first-order valence-corrected chi connectivity index (χ1v) is 1.77. The molecular formula is C4H5BrO4. The fourth-order valence-corrected chi connectivity index (χ4v) is 0.143. The van der Waals surface area contributed by atoms with E-state index in [1.54, 1.807) is 0 Å². The highest BCUT2D eigenvalue weighted by Crippen LogP contribution is 1.70. The van der Waals surface area contributed by atoms with Gasteiger partial charge in [0.15, 0.2) is 0 Å². The molecule has 0 saturated carbocycles. The summed E-state index contributed by atoms with van der Waals surface area (Å²) in [7, 11) is 0. The summed E-state index contributed by atoms with van der Waals surface area (Å²) in [5.41, 5.74) is 0. The van der Waals surface area contributed by atoms with E-state index in [-0.39, 0.29) is 17.0 Å². The van der Waals surface area contributed by atoms with Gasteiger partial charge in [0.25, 0.3) is 0 Å². The SMILES string of the molecule is Br.O=C(O)C=CC(=O)O. The van der Waals surface area contributed by atoms with Crippen LogP contribution in [-0.4, -0.2) is 22.2 Å². The third-order valence-electron chi connectivity index (χ3n) is 0.368. The molecule has 0 unspecified atom stereocenters. The van der Waals surface area contributed by atoms with Crippen molar-refractivity contribution in [2.45, 2.75) is 0 Å². The topological polar surface area (TPSA) is 74.6 Å². The van der Waals surface area contributed by atoms with E-state index < -0.39 is 11.9 Å². The van der Waals surface area contributed by atoms with E-state index in [1.807, 2.05) is 0 Å². The quantitative estimate of drug-likeness (QED) is 0.623. The van der Waals surface area contributed by atoms with E-state index in [0.717, 1.165) is 0 Å². The minimum absolute atomic E-state index is 0. The van der Waals surface area contributed by atoms with Gasteiger partial charge in [-0.3, -0.25) is 0 Å². The summed E-state index contributed by atoms with van der Waals surface area (Å²) in [6.07, 6.45) is 1.12. The van der Waals surface area contributed by atoms with Crippen molar-refractivity contribution in [3.05, 3.63) is 12.2 Å². The molecule has 0 heterocycles. The number of carboxylic acids is 2. The predicted molar refractivity (Wildman–Crippen MR) is 34.7 cm³/mol. The van der Waals surface area contributed by atoms with Gasteiger partial charge in [-0.25, -0.2) is 9.59 Å². The monoisotopic (exact) mass is 196 g/mol. The summed E-state index contributed by atoms with van der Waals surface area (Å²) in [5.74, 6) is -2.51. The molecule has 0 rings (SSSR count). The fraction of sp³-hybridized carbons (Fsp3) is 0. The second-order valence-corrected chi connectivity index (χ2v) is 1.01. The van der Waals surface area contributed by atoms with Gasteiger partial charge in [0.1, 0.15) is 0 Å². The van der Waals surface area contributed by atoms with Crippen molar-refractivity contribution >= 4 is 28.9 Å². The molecule has 0 aromatic carbocycles. The van der Waals surface area contributed by atoms with Gasteiger partial charge in [-0.15, -0.1) is 17.0 Å². The maximum atomic E-state index is 9.55. The van der Waals surface area contributed by atoms with Crippen LogP contribution >= 0.6 is 17.0 Å². The Hall–Kier alpha value is -0.840. The number of carboxylic acid groups (broad SMARTS) is 2. The first kappa shape index (κ1) is 11.0. The second-order valence-electron chi connectivity index (χ2n) is 1.01. The van der Waals surface area contributed by atoms with Crippen molar-refractivity contribution in [3.63, 3.8) is 0 Å². The average molecular weight is 197 g/mol. The zero-order valence-electron chi connectivity index (χ0n) is 4.27. The lowest BCUT2D eigenvalue weighted by Crippen LogP contribution is -1.91. The molecule has 0 fully saturated rings. The van der Waals surface area contributed by atoms with Gasteiger partial charge in [0, 0.05) is 12.2 Å². The molecule has 0 aliphatic heterocycles. The van der Waals surface area contributed by atoms with Crippen LogP contribution in [0.5, 0.6) is 0 Å². The van der Waals surface area contributed by atoms with Gasteiger partial charge < -0.3 is 10.2 Å². The van der Waals surface area contributed by atoms with Crippen LogP contribution in [-0.2, 0) is 9.59 Å². The summed E-state index contributed by atoms with van der Waals surface area (Å²) in [6.45, 7) is 0. The lowest BCUT2D eigenvalue weighted by atomic mass is 10.5. The third-order valence-corrected chi connectivity index (χ3v) is 0.368. The van der Waals surface area contributed by atoms with Gasteiger partial charge in [-0.05, 0) is 0 Å². The number of halogens is 1. The Bertz CT molecular complexity index is 124. The lowest BCUT2D eigenvalue weighted by molar-refractivity contribution is -0.134. The van der Waals surface area contributed by atoms with Gasteiger partial charge >= 0.3 is 11.9 Å². The smallest absolute Gasteiger partial charge is 0.328 e. The Labute approximate surface area is 61.6 Å². The van der Waals surface area contributed by atoms with Crippen molar-refractivity contribution in [1.82, 2.24) is 0 Å². The molecule has 0 saturated heterocycles. The minimum atomic E-state index is -1.26. The summed E-state index contributed by atoms with van der Waals surface area (Å²) >= 11 is 0. The molecule has 0 radical (unpaired) electrons. The molecule has 4 nitrogen and oxygen atoms in total. The Balaban J connectivity index is 0. The van der Waals surface area contributed by atoms with Crippen molar-refractivity contribution in [3.8, 4) is 0 Å². The van der Waals surface area contributed by atoms with Crippen LogP contribution in [0.3, 0.4) is 0 Å². The summed E-state index contributed by atoms with van der Waals surface area (Å²) in [4.78, 5) is 19.1. The first-order valence-electron chi connectivity index (χ1n) is 1.77. The van der Waals surface area contributed by atoms with E-state index >= 15 is 0 Å². The molecule has 0 aromatic heterocycles. The Kier molecular flexibility index (Phi) is 6.49. The maximum absolute atomic E-state index is 9.55. The zero-order chi connectivity index (χ0) is 6.57. The van der Waals surface area contributed by atoms with Crippen LogP contribution < -0.4 is 0 Å². The number of aliphatic carboxylic acids is 2. The Morgan fingerprint density at radius 1 is 1.00 bits per heavy atom. The predicted octanol–water partition coefficient (Wildman–Crippen LogP) is 0.290. The summed E-state index contributed by atoms with van der Waals surface area (Å²) in [5, 5.41) is 15.6. The van der Waals surface area contributed by atoms with Crippen LogP contribution in [0.1, 0.15) is 0 Å². The second kappa shape index (κ2) is 5.30. The molecular weight excluding hydrogens is 192 g/mol. The van der Waals surface area contributed by atoms with Gasteiger partial charge in [-0.2, -0.15) is 0 Å². The van der Waals surface area contributed by atoms with E-state index in [9.17, 15) is 9.59 Å². The fourth-order valence-electron chi connectivity index (χ4n) is 0.143. The summed E-state index contributed by atoms with van der Waals surface area (Å²) in [6, 6.07) is 0. The van der Waals surface area contributed by atoms with Crippen LogP contribution in [0.15, 0.2) is 12.2 Å². The van der Waals surface area contributed by atoms with Crippen LogP contribution in [0.25, 0.3) is 0 Å². The molecule has 5 heteroatoms. The molecule has 0 atom stereocenters. The summed E-state index contributed by atoms with van der Waals surface area (Å²) < 4.78 is 0. The lowest BCUT2D eigenvalue weighted by Gasteiger charge is -1.74. The first-order chi connectivity index (χ1) is 3.63. The van der Waals surface area contributed by atoms with Crippen molar-refractivity contribution in [1.29, 1.82) is 0 Å². The molecule has 0 spiro atoms. The van der Waals surface area contributed by atoms with Crippen molar-refractivity contribution in [2.24, 2.45) is 0 Å².